The maximum absolute atomic E-state index is 12.3. The smallest absolute Gasteiger partial charge is 0.242 e. The van der Waals surface area contributed by atoms with E-state index in [2.05, 4.69) is 15.0 Å². The Kier molecular flexibility index (Phi) is 4.74. The van der Waals surface area contributed by atoms with Gasteiger partial charge in [0.05, 0.1) is 12.2 Å². The number of anilines is 1. The molecule has 0 amide bonds. The summed E-state index contributed by atoms with van der Waals surface area (Å²) in [6, 6.07) is 6.71. The lowest BCUT2D eigenvalue weighted by Crippen LogP contribution is -2.30. The molecule has 0 fully saturated rings. The van der Waals surface area contributed by atoms with Gasteiger partial charge in [-0.15, -0.1) is 11.3 Å². The van der Waals surface area contributed by atoms with Crippen LogP contribution in [0.25, 0.3) is 0 Å². The molecule has 0 radical (unpaired) electrons. The van der Waals surface area contributed by atoms with Gasteiger partial charge in [0.1, 0.15) is 9.90 Å². The maximum Gasteiger partial charge on any atom is 0.242 e. The number of rotatable bonds is 6. The van der Waals surface area contributed by atoms with Crippen molar-refractivity contribution in [2.45, 2.75) is 31.3 Å². The highest BCUT2D eigenvalue weighted by molar-refractivity contribution is 7.89. The van der Waals surface area contributed by atoms with Gasteiger partial charge in [0.15, 0.2) is 0 Å². The van der Waals surface area contributed by atoms with Crippen molar-refractivity contribution in [1.29, 1.82) is 0 Å². The van der Waals surface area contributed by atoms with Crippen LogP contribution in [0.15, 0.2) is 40.7 Å². The van der Waals surface area contributed by atoms with Crippen molar-refractivity contribution < 1.29 is 8.42 Å². The standard InChI is InChI=1S/C13H17N3O2S2/c1-10(2)16-20(17,18)12-6-4-3-5-11(12)15-9-13-14-7-8-19-13/h3-8,10,15-16H,9H2,1-2H3. The van der Waals surface area contributed by atoms with Gasteiger partial charge in [-0.3, -0.25) is 0 Å². The van der Waals surface area contributed by atoms with E-state index in [9.17, 15) is 8.42 Å². The van der Waals surface area contributed by atoms with E-state index in [1.54, 1.807) is 44.3 Å². The number of aromatic nitrogens is 1. The van der Waals surface area contributed by atoms with Crippen molar-refractivity contribution in [2.24, 2.45) is 0 Å². The van der Waals surface area contributed by atoms with Crippen molar-refractivity contribution >= 4 is 27.0 Å². The fraction of sp³-hybridized carbons (Fsp3) is 0.308. The van der Waals surface area contributed by atoms with Crippen LogP contribution in [-0.4, -0.2) is 19.4 Å². The topological polar surface area (TPSA) is 71.1 Å². The van der Waals surface area contributed by atoms with E-state index in [0.717, 1.165) is 5.01 Å². The van der Waals surface area contributed by atoms with Crippen LogP contribution < -0.4 is 10.0 Å². The van der Waals surface area contributed by atoms with E-state index < -0.39 is 10.0 Å². The molecule has 0 aliphatic carbocycles. The fourth-order valence-electron chi connectivity index (χ4n) is 1.73. The van der Waals surface area contributed by atoms with Crippen molar-refractivity contribution in [3.8, 4) is 0 Å². The second kappa shape index (κ2) is 6.34. The SMILES string of the molecule is CC(C)NS(=O)(=O)c1ccccc1NCc1nccs1. The van der Waals surface area contributed by atoms with Crippen molar-refractivity contribution in [1.82, 2.24) is 9.71 Å². The number of thiazole rings is 1. The average Bonchev–Trinajstić information content (AvgIpc) is 2.88. The molecule has 2 aromatic rings. The molecule has 2 N–H and O–H groups in total. The maximum atomic E-state index is 12.3. The molecule has 2 rings (SSSR count). The molecule has 5 nitrogen and oxygen atoms in total. The number of nitrogens with zero attached hydrogens (tertiary/aromatic N) is 1. The summed E-state index contributed by atoms with van der Waals surface area (Å²) < 4.78 is 27.1. The third-order valence-corrected chi connectivity index (χ3v) is 4.98. The van der Waals surface area contributed by atoms with E-state index >= 15 is 0 Å². The minimum Gasteiger partial charge on any atom is -0.377 e. The zero-order valence-electron chi connectivity index (χ0n) is 11.3. The van der Waals surface area contributed by atoms with E-state index in [4.69, 9.17) is 0 Å². The summed E-state index contributed by atoms with van der Waals surface area (Å²) in [5.74, 6) is 0. The Morgan fingerprint density at radius 1 is 1.30 bits per heavy atom. The number of sulfonamides is 1. The van der Waals surface area contributed by atoms with Gasteiger partial charge in [-0.2, -0.15) is 0 Å². The van der Waals surface area contributed by atoms with Crippen LogP contribution in [0.4, 0.5) is 5.69 Å². The van der Waals surface area contributed by atoms with E-state index in [1.807, 2.05) is 5.38 Å². The predicted octanol–water partition coefficient (Wildman–Crippen LogP) is 2.44. The molecular weight excluding hydrogens is 294 g/mol. The van der Waals surface area contributed by atoms with Crippen molar-refractivity contribution in [3.05, 3.63) is 40.8 Å². The monoisotopic (exact) mass is 311 g/mol. The molecule has 0 atom stereocenters. The predicted molar refractivity (Wildman–Crippen MR) is 81.3 cm³/mol. The van der Waals surface area contributed by atoms with Crippen LogP contribution in [0.5, 0.6) is 0 Å². The molecule has 1 aromatic heterocycles. The summed E-state index contributed by atoms with van der Waals surface area (Å²) in [5, 5.41) is 5.92. The molecule has 0 saturated heterocycles. The molecule has 0 saturated carbocycles. The Morgan fingerprint density at radius 3 is 2.70 bits per heavy atom. The van der Waals surface area contributed by atoms with Gasteiger partial charge < -0.3 is 5.32 Å². The van der Waals surface area contributed by atoms with Crippen LogP contribution in [0.1, 0.15) is 18.9 Å². The molecule has 108 valence electrons. The first-order chi connectivity index (χ1) is 9.49. The van der Waals surface area contributed by atoms with E-state index in [1.165, 1.54) is 11.3 Å². The summed E-state index contributed by atoms with van der Waals surface area (Å²) >= 11 is 1.53. The van der Waals surface area contributed by atoms with Crippen molar-refractivity contribution in [3.63, 3.8) is 0 Å². The van der Waals surface area contributed by atoms with Gasteiger partial charge in [0.2, 0.25) is 10.0 Å². The third kappa shape index (κ3) is 3.78. The molecule has 7 heteroatoms. The normalized spacial score (nSPS) is 11.8. The lowest BCUT2D eigenvalue weighted by Gasteiger charge is -2.14. The van der Waals surface area contributed by atoms with Crippen LogP contribution in [0, 0.1) is 0 Å². The number of para-hydroxylation sites is 1. The molecular formula is C13H17N3O2S2. The Bertz CT molecular complexity index is 652. The first-order valence-corrected chi connectivity index (χ1v) is 8.59. The van der Waals surface area contributed by atoms with Crippen LogP contribution in [-0.2, 0) is 16.6 Å². The second-order valence-electron chi connectivity index (χ2n) is 4.55. The summed E-state index contributed by atoms with van der Waals surface area (Å²) in [5.41, 5.74) is 0.579. The summed E-state index contributed by atoms with van der Waals surface area (Å²) in [7, 11) is -3.51. The second-order valence-corrected chi connectivity index (χ2v) is 7.21. The van der Waals surface area contributed by atoms with Crippen LogP contribution >= 0.6 is 11.3 Å². The number of hydrogen-bond acceptors (Lipinski definition) is 5. The molecule has 20 heavy (non-hydrogen) atoms. The first-order valence-electron chi connectivity index (χ1n) is 6.22. The van der Waals surface area contributed by atoms with E-state index in [-0.39, 0.29) is 10.9 Å². The third-order valence-electron chi connectivity index (χ3n) is 2.48. The average molecular weight is 311 g/mol. The lowest BCUT2D eigenvalue weighted by molar-refractivity contribution is 0.570. The van der Waals surface area contributed by atoms with Gasteiger partial charge in [-0.25, -0.2) is 18.1 Å². The Labute approximate surface area is 123 Å². The summed E-state index contributed by atoms with van der Waals surface area (Å²) in [6.45, 7) is 4.10. The van der Waals surface area contributed by atoms with Crippen LogP contribution in [0.2, 0.25) is 0 Å². The van der Waals surface area contributed by atoms with Gasteiger partial charge in [0.25, 0.3) is 0 Å². The van der Waals surface area contributed by atoms with E-state index in [0.29, 0.717) is 12.2 Å². The first kappa shape index (κ1) is 15.0. The Balaban J connectivity index is 2.22. The zero-order valence-corrected chi connectivity index (χ0v) is 13.0. The molecule has 0 aliphatic rings. The molecule has 0 aliphatic heterocycles. The largest absolute Gasteiger partial charge is 0.377 e. The highest BCUT2D eigenvalue weighted by atomic mass is 32.2. The number of benzene rings is 1. The minimum atomic E-state index is -3.51. The molecule has 0 bridgehead atoms. The van der Waals surface area contributed by atoms with Gasteiger partial charge in [-0.05, 0) is 26.0 Å². The van der Waals surface area contributed by atoms with Gasteiger partial charge in [-0.1, -0.05) is 12.1 Å². The summed E-state index contributed by atoms with van der Waals surface area (Å²) in [4.78, 5) is 4.42. The highest BCUT2D eigenvalue weighted by Crippen LogP contribution is 2.21. The molecule has 0 unspecified atom stereocenters. The lowest BCUT2D eigenvalue weighted by atomic mass is 10.3. The number of hydrogen-bond donors (Lipinski definition) is 2. The van der Waals surface area contributed by atoms with Gasteiger partial charge >= 0.3 is 0 Å². The highest BCUT2D eigenvalue weighted by Gasteiger charge is 2.19. The summed E-state index contributed by atoms with van der Waals surface area (Å²) in [6.07, 6.45) is 1.73. The van der Waals surface area contributed by atoms with Crippen molar-refractivity contribution in [2.75, 3.05) is 5.32 Å². The number of nitrogens with one attached hydrogen (secondary N) is 2. The molecule has 1 heterocycles. The fourth-order valence-corrected chi connectivity index (χ4v) is 3.72. The van der Waals surface area contributed by atoms with Crippen LogP contribution in [0.3, 0.4) is 0 Å². The van der Waals surface area contributed by atoms with Gasteiger partial charge in [0, 0.05) is 17.6 Å². The Hall–Kier alpha value is -1.44. The Morgan fingerprint density at radius 2 is 2.05 bits per heavy atom. The quantitative estimate of drug-likeness (QED) is 0.859. The minimum absolute atomic E-state index is 0.146. The zero-order chi connectivity index (χ0) is 14.6. The molecule has 1 aromatic carbocycles. The molecule has 0 spiro atoms.